The highest BCUT2D eigenvalue weighted by atomic mass is 16.5. The molecule has 3 heteroatoms. The lowest BCUT2D eigenvalue weighted by molar-refractivity contribution is -0.0233. The zero-order valence-corrected chi connectivity index (χ0v) is 7.15. The number of aliphatic hydroxyl groups is 2. The van der Waals surface area contributed by atoms with Crippen LogP contribution < -0.4 is 0 Å². The van der Waals surface area contributed by atoms with Gasteiger partial charge in [0, 0.05) is 6.42 Å². The fraction of sp³-hybridized carbons (Fsp3) is 0.778. The summed E-state index contributed by atoms with van der Waals surface area (Å²) in [5.74, 6) is 0. The molecule has 1 fully saturated rings. The van der Waals surface area contributed by atoms with Gasteiger partial charge in [-0.2, -0.15) is 0 Å². The van der Waals surface area contributed by atoms with Crippen LogP contribution in [0.15, 0.2) is 12.7 Å². The fourth-order valence-corrected chi connectivity index (χ4v) is 1.47. The van der Waals surface area contributed by atoms with Crippen molar-refractivity contribution in [3.63, 3.8) is 0 Å². The van der Waals surface area contributed by atoms with Gasteiger partial charge < -0.3 is 14.9 Å². The molecule has 3 nitrogen and oxygen atoms in total. The van der Waals surface area contributed by atoms with Crippen molar-refractivity contribution in [3.05, 3.63) is 12.7 Å². The lowest BCUT2D eigenvalue weighted by Gasteiger charge is -2.10. The fourth-order valence-electron chi connectivity index (χ4n) is 1.47. The average Bonchev–Trinajstić information content (AvgIpc) is 2.43. The quantitative estimate of drug-likeness (QED) is 0.606. The van der Waals surface area contributed by atoms with Gasteiger partial charge in [0.2, 0.25) is 0 Å². The Bertz CT molecular complexity index is 147. The van der Waals surface area contributed by atoms with Crippen LogP contribution in [-0.2, 0) is 4.74 Å². The van der Waals surface area contributed by atoms with Crippen LogP contribution in [0.4, 0.5) is 0 Å². The molecule has 2 N–H and O–H groups in total. The number of aliphatic hydroxyl groups excluding tert-OH is 2. The Morgan fingerprint density at radius 2 is 2.33 bits per heavy atom. The Morgan fingerprint density at radius 3 is 2.83 bits per heavy atom. The molecule has 12 heavy (non-hydrogen) atoms. The molecule has 0 aromatic carbocycles. The molecule has 0 radical (unpaired) electrons. The van der Waals surface area contributed by atoms with Gasteiger partial charge in [-0.3, -0.25) is 0 Å². The molecule has 0 unspecified atom stereocenters. The van der Waals surface area contributed by atoms with E-state index in [2.05, 4.69) is 6.58 Å². The minimum absolute atomic E-state index is 0.0915. The Balaban J connectivity index is 2.27. The van der Waals surface area contributed by atoms with Gasteiger partial charge >= 0.3 is 0 Å². The summed E-state index contributed by atoms with van der Waals surface area (Å²) in [5, 5.41) is 18.1. The maximum absolute atomic E-state index is 9.35. The van der Waals surface area contributed by atoms with Crippen molar-refractivity contribution in [2.24, 2.45) is 0 Å². The summed E-state index contributed by atoms with van der Waals surface area (Å²) in [6.45, 7) is 3.52. The number of ether oxygens (including phenoxy) is 1. The Labute approximate surface area is 72.7 Å². The van der Waals surface area contributed by atoms with Crippen LogP contribution in [0.5, 0.6) is 0 Å². The molecule has 0 aromatic heterocycles. The highest BCUT2D eigenvalue weighted by Crippen LogP contribution is 2.23. The lowest BCUT2D eigenvalue weighted by atomic mass is 10.1. The van der Waals surface area contributed by atoms with Gasteiger partial charge in [0.05, 0.1) is 18.8 Å². The molecule has 1 saturated heterocycles. The van der Waals surface area contributed by atoms with E-state index in [0.717, 1.165) is 12.8 Å². The van der Waals surface area contributed by atoms with Crippen LogP contribution in [-0.4, -0.2) is 35.1 Å². The van der Waals surface area contributed by atoms with E-state index < -0.39 is 6.10 Å². The third-order valence-electron chi connectivity index (χ3n) is 2.17. The first kappa shape index (κ1) is 9.71. The van der Waals surface area contributed by atoms with Gasteiger partial charge in [-0.15, -0.1) is 6.58 Å². The van der Waals surface area contributed by atoms with Crippen LogP contribution in [0.25, 0.3) is 0 Å². The summed E-state index contributed by atoms with van der Waals surface area (Å²) in [4.78, 5) is 0. The van der Waals surface area contributed by atoms with Gasteiger partial charge in [0.15, 0.2) is 0 Å². The molecule has 1 aliphatic rings. The second-order valence-electron chi connectivity index (χ2n) is 3.15. The predicted molar refractivity (Wildman–Crippen MR) is 45.8 cm³/mol. The molecule has 0 spiro atoms. The molecule has 0 aliphatic carbocycles. The lowest BCUT2D eigenvalue weighted by Crippen LogP contribution is -2.24. The molecule has 0 saturated carbocycles. The summed E-state index contributed by atoms with van der Waals surface area (Å²) in [6, 6.07) is 0. The molecule has 0 aromatic rings. The van der Waals surface area contributed by atoms with Crippen LogP contribution in [0.3, 0.4) is 0 Å². The van der Waals surface area contributed by atoms with Crippen LogP contribution in [0.1, 0.15) is 19.3 Å². The molecule has 1 rings (SSSR count). The second kappa shape index (κ2) is 4.60. The molecule has 1 aliphatic heterocycles. The van der Waals surface area contributed by atoms with Crippen molar-refractivity contribution in [2.45, 2.75) is 37.6 Å². The smallest absolute Gasteiger partial charge is 0.107 e. The summed E-state index contributed by atoms with van der Waals surface area (Å²) in [6.07, 6.45) is 3.48. The second-order valence-corrected chi connectivity index (χ2v) is 3.15. The monoisotopic (exact) mass is 172 g/mol. The first-order valence-corrected chi connectivity index (χ1v) is 4.33. The molecule has 1 heterocycles. The van der Waals surface area contributed by atoms with Gasteiger partial charge in [-0.1, -0.05) is 6.08 Å². The summed E-state index contributed by atoms with van der Waals surface area (Å²) in [5.41, 5.74) is 0. The van der Waals surface area contributed by atoms with E-state index in [9.17, 15) is 5.11 Å². The Morgan fingerprint density at radius 1 is 1.58 bits per heavy atom. The van der Waals surface area contributed by atoms with Crippen molar-refractivity contribution >= 4 is 0 Å². The van der Waals surface area contributed by atoms with Crippen LogP contribution in [0, 0.1) is 0 Å². The van der Waals surface area contributed by atoms with E-state index in [-0.39, 0.29) is 18.8 Å². The molecule has 0 amide bonds. The average molecular weight is 172 g/mol. The van der Waals surface area contributed by atoms with Gasteiger partial charge in [0.1, 0.15) is 6.10 Å². The van der Waals surface area contributed by atoms with Crippen LogP contribution in [0.2, 0.25) is 0 Å². The van der Waals surface area contributed by atoms with Gasteiger partial charge in [-0.05, 0) is 12.8 Å². The number of hydrogen-bond donors (Lipinski definition) is 2. The van der Waals surface area contributed by atoms with E-state index in [4.69, 9.17) is 9.84 Å². The zero-order chi connectivity index (χ0) is 8.97. The van der Waals surface area contributed by atoms with Crippen molar-refractivity contribution in [2.75, 3.05) is 6.61 Å². The summed E-state index contributed by atoms with van der Waals surface area (Å²) < 4.78 is 5.38. The van der Waals surface area contributed by atoms with Crippen molar-refractivity contribution in [1.29, 1.82) is 0 Å². The van der Waals surface area contributed by atoms with Crippen molar-refractivity contribution < 1.29 is 14.9 Å². The summed E-state index contributed by atoms with van der Waals surface area (Å²) in [7, 11) is 0. The SMILES string of the molecule is C=CCC[C@H]1C[C@H](O)[C@H](CO)O1. The van der Waals surface area contributed by atoms with Crippen LogP contribution >= 0.6 is 0 Å². The minimum Gasteiger partial charge on any atom is -0.394 e. The minimum atomic E-state index is -0.496. The van der Waals surface area contributed by atoms with Gasteiger partial charge in [0.25, 0.3) is 0 Å². The Hall–Kier alpha value is -0.380. The first-order chi connectivity index (χ1) is 5.77. The third kappa shape index (κ3) is 2.30. The molecule has 70 valence electrons. The zero-order valence-electron chi connectivity index (χ0n) is 7.15. The highest BCUT2D eigenvalue weighted by molar-refractivity contribution is 4.83. The molecular formula is C9H16O3. The highest BCUT2D eigenvalue weighted by Gasteiger charge is 2.32. The van der Waals surface area contributed by atoms with Crippen molar-refractivity contribution in [1.82, 2.24) is 0 Å². The number of hydrogen-bond acceptors (Lipinski definition) is 3. The number of allylic oxidation sites excluding steroid dienone is 1. The van der Waals surface area contributed by atoms with E-state index >= 15 is 0 Å². The predicted octanol–water partition coefficient (Wildman–Crippen LogP) is 0.463. The molecule has 3 atom stereocenters. The van der Waals surface area contributed by atoms with E-state index in [1.807, 2.05) is 6.08 Å². The standard InChI is InChI=1S/C9H16O3/c1-2-3-4-7-5-8(11)9(6-10)12-7/h2,7-11H,1,3-6H2/t7-,8-,9-/m0/s1. The maximum Gasteiger partial charge on any atom is 0.107 e. The summed E-state index contributed by atoms with van der Waals surface area (Å²) >= 11 is 0. The molecular weight excluding hydrogens is 156 g/mol. The Kier molecular flexibility index (Phi) is 3.72. The molecule has 0 bridgehead atoms. The van der Waals surface area contributed by atoms with Gasteiger partial charge in [-0.25, -0.2) is 0 Å². The van der Waals surface area contributed by atoms with Crippen molar-refractivity contribution in [3.8, 4) is 0 Å². The maximum atomic E-state index is 9.35. The largest absolute Gasteiger partial charge is 0.394 e. The normalized spacial score (nSPS) is 35.3. The number of rotatable bonds is 4. The first-order valence-electron chi connectivity index (χ1n) is 4.33. The topological polar surface area (TPSA) is 49.7 Å². The third-order valence-corrected chi connectivity index (χ3v) is 2.17. The van der Waals surface area contributed by atoms with E-state index in [1.165, 1.54) is 0 Å². The van der Waals surface area contributed by atoms with E-state index in [1.54, 1.807) is 0 Å². The van der Waals surface area contributed by atoms with E-state index in [0.29, 0.717) is 6.42 Å².